The van der Waals surface area contributed by atoms with Crippen molar-refractivity contribution in [1.29, 1.82) is 0 Å². The number of imidazole rings is 1. The van der Waals surface area contributed by atoms with E-state index in [1.165, 1.54) is 0 Å². The van der Waals surface area contributed by atoms with Crippen molar-refractivity contribution in [2.24, 2.45) is 7.05 Å². The normalized spacial score (nSPS) is 11.3. The molecule has 74 valence electrons. The quantitative estimate of drug-likeness (QED) is 0.496. The molecule has 2 heterocycles. The van der Waals surface area contributed by atoms with Crippen molar-refractivity contribution in [2.45, 2.75) is 0 Å². The summed E-state index contributed by atoms with van der Waals surface area (Å²) < 4.78 is 3.86. The van der Waals surface area contributed by atoms with Crippen LogP contribution in [0.2, 0.25) is 0 Å². The molecular weight excluding hydrogens is 188 g/mol. The van der Waals surface area contributed by atoms with Crippen molar-refractivity contribution < 1.29 is 9.67 Å². The molecule has 0 bridgehead atoms. The Labute approximate surface area is 86.8 Å². The molecule has 0 radical (unpaired) electrons. The Morgan fingerprint density at radius 1 is 1.13 bits per heavy atom. The molecule has 0 amide bonds. The Kier molecular flexibility index (Phi) is 1.51. The van der Waals surface area contributed by atoms with Crippen LogP contribution in [0.15, 0.2) is 42.6 Å². The second-order valence-corrected chi connectivity index (χ2v) is 3.61. The number of fused-ring (bicyclic) bond motifs is 3. The molecule has 3 nitrogen and oxygen atoms in total. The van der Waals surface area contributed by atoms with Gasteiger partial charge in [-0.25, -0.2) is 4.57 Å². The first kappa shape index (κ1) is 8.29. The van der Waals surface area contributed by atoms with Crippen LogP contribution in [-0.2, 0) is 7.05 Å². The highest BCUT2D eigenvalue weighted by molar-refractivity contribution is 5.76. The van der Waals surface area contributed by atoms with E-state index in [4.69, 9.17) is 0 Å². The van der Waals surface area contributed by atoms with Crippen LogP contribution in [0.25, 0.3) is 16.7 Å². The number of pyridine rings is 1. The Balaban J connectivity index is 2.69. The SMILES string of the molecule is C[n+]1c2ccccc2n2cccc([O-])c21. The molecule has 15 heavy (non-hydrogen) atoms. The molecule has 0 unspecified atom stereocenters. The van der Waals surface area contributed by atoms with E-state index in [2.05, 4.69) is 0 Å². The Hall–Kier alpha value is -2.03. The van der Waals surface area contributed by atoms with Crippen molar-refractivity contribution in [3.63, 3.8) is 0 Å². The minimum absolute atomic E-state index is 0.0520. The van der Waals surface area contributed by atoms with Crippen LogP contribution in [0.3, 0.4) is 0 Å². The van der Waals surface area contributed by atoms with E-state index in [0.29, 0.717) is 5.65 Å². The lowest BCUT2D eigenvalue weighted by molar-refractivity contribution is -0.620. The number of aryl methyl sites for hydroxylation is 1. The summed E-state index contributed by atoms with van der Waals surface area (Å²) in [5.41, 5.74) is 2.84. The number of hydrogen-bond donors (Lipinski definition) is 0. The van der Waals surface area contributed by atoms with Gasteiger partial charge in [-0.15, -0.1) is 0 Å². The van der Waals surface area contributed by atoms with Crippen molar-refractivity contribution >= 4 is 16.7 Å². The van der Waals surface area contributed by atoms with Crippen molar-refractivity contribution in [1.82, 2.24) is 4.40 Å². The zero-order valence-electron chi connectivity index (χ0n) is 8.34. The van der Waals surface area contributed by atoms with Gasteiger partial charge in [-0.2, -0.15) is 4.40 Å². The van der Waals surface area contributed by atoms with Gasteiger partial charge >= 0.3 is 0 Å². The van der Waals surface area contributed by atoms with Crippen LogP contribution in [-0.4, -0.2) is 4.40 Å². The van der Waals surface area contributed by atoms with E-state index in [1.54, 1.807) is 12.1 Å². The van der Waals surface area contributed by atoms with Gasteiger partial charge in [0.05, 0.1) is 13.2 Å². The molecule has 1 aromatic carbocycles. The molecule has 2 aromatic heterocycles. The Morgan fingerprint density at radius 3 is 2.80 bits per heavy atom. The first-order chi connectivity index (χ1) is 7.29. The monoisotopic (exact) mass is 198 g/mol. The second kappa shape index (κ2) is 2.73. The maximum absolute atomic E-state index is 11.7. The van der Waals surface area contributed by atoms with E-state index in [9.17, 15) is 5.11 Å². The molecule has 0 N–H and O–H groups in total. The lowest BCUT2D eigenvalue weighted by Crippen LogP contribution is -2.28. The molecule has 0 aliphatic rings. The third-order valence-electron chi connectivity index (χ3n) is 2.75. The standard InChI is InChI=1S/C12H10N2O/c1-13-9-5-2-3-6-10(9)14-8-4-7-11(15)12(13)14/h2-8H,1H3. The van der Waals surface area contributed by atoms with Gasteiger partial charge in [0, 0.05) is 0 Å². The molecule has 0 aliphatic carbocycles. The Morgan fingerprint density at radius 2 is 1.93 bits per heavy atom. The Bertz CT molecular complexity index is 655. The second-order valence-electron chi connectivity index (χ2n) is 3.61. The van der Waals surface area contributed by atoms with Crippen LogP contribution in [0, 0.1) is 0 Å². The third kappa shape index (κ3) is 0.973. The summed E-state index contributed by atoms with van der Waals surface area (Å²) in [4.78, 5) is 0. The smallest absolute Gasteiger partial charge is 0.278 e. The fourth-order valence-corrected chi connectivity index (χ4v) is 2.07. The summed E-state index contributed by atoms with van der Waals surface area (Å²) in [6.07, 6.45) is 1.92. The van der Waals surface area contributed by atoms with Gasteiger partial charge < -0.3 is 5.11 Å². The first-order valence-electron chi connectivity index (χ1n) is 4.84. The van der Waals surface area contributed by atoms with E-state index in [0.717, 1.165) is 11.0 Å². The fourth-order valence-electron chi connectivity index (χ4n) is 2.07. The maximum Gasteiger partial charge on any atom is 0.278 e. The molecule has 0 spiro atoms. The molecular formula is C12H10N2O. The zero-order chi connectivity index (χ0) is 10.4. The minimum atomic E-state index is 0.0520. The van der Waals surface area contributed by atoms with E-state index >= 15 is 0 Å². The van der Waals surface area contributed by atoms with Gasteiger partial charge in [0.15, 0.2) is 11.0 Å². The van der Waals surface area contributed by atoms with Crippen LogP contribution in [0.4, 0.5) is 0 Å². The summed E-state index contributed by atoms with van der Waals surface area (Å²) in [6, 6.07) is 11.4. The average molecular weight is 198 g/mol. The zero-order valence-corrected chi connectivity index (χ0v) is 8.34. The van der Waals surface area contributed by atoms with Gasteiger partial charge in [0.25, 0.3) is 5.65 Å². The predicted octanol–water partition coefficient (Wildman–Crippen LogP) is 0.991. The minimum Gasteiger partial charge on any atom is -0.867 e. The molecule has 0 atom stereocenters. The fraction of sp³-hybridized carbons (Fsp3) is 0.0833. The highest BCUT2D eigenvalue weighted by Crippen LogP contribution is 2.18. The van der Waals surface area contributed by atoms with E-state index in [1.807, 2.05) is 46.5 Å². The molecule has 3 rings (SSSR count). The molecule has 0 fully saturated rings. The predicted molar refractivity (Wildman–Crippen MR) is 55.5 cm³/mol. The van der Waals surface area contributed by atoms with Gasteiger partial charge in [-0.3, -0.25) is 0 Å². The first-order valence-corrected chi connectivity index (χ1v) is 4.84. The topological polar surface area (TPSA) is 31.3 Å². The van der Waals surface area contributed by atoms with E-state index in [-0.39, 0.29) is 5.75 Å². The van der Waals surface area contributed by atoms with Crippen molar-refractivity contribution in [3.8, 4) is 5.75 Å². The van der Waals surface area contributed by atoms with Gasteiger partial charge in [-0.1, -0.05) is 18.2 Å². The average Bonchev–Trinajstić information content (AvgIpc) is 2.55. The number of aromatic nitrogens is 2. The third-order valence-corrected chi connectivity index (χ3v) is 2.75. The molecule has 0 aliphatic heterocycles. The number of para-hydroxylation sites is 2. The number of benzene rings is 1. The highest BCUT2D eigenvalue weighted by atomic mass is 16.3. The number of hydrogen-bond acceptors (Lipinski definition) is 1. The maximum atomic E-state index is 11.7. The van der Waals surface area contributed by atoms with Gasteiger partial charge in [-0.05, 0) is 23.9 Å². The lowest BCUT2D eigenvalue weighted by Gasteiger charge is -2.01. The summed E-state index contributed by atoms with van der Waals surface area (Å²) in [6.45, 7) is 0. The summed E-state index contributed by atoms with van der Waals surface area (Å²) in [7, 11) is 1.92. The largest absolute Gasteiger partial charge is 0.867 e. The van der Waals surface area contributed by atoms with Crippen molar-refractivity contribution in [3.05, 3.63) is 42.6 Å². The van der Waals surface area contributed by atoms with E-state index < -0.39 is 0 Å². The molecule has 3 heteroatoms. The summed E-state index contributed by atoms with van der Waals surface area (Å²) in [5, 5.41) is 11.7. The number of nitrogens with zero attached hydrogens (tertiary/aromatic N) is 2. The summed E-state index contributed by atoms with van der Waals surface area (Å²) in [5.74, 6) is 0.0520. The highest BCUT2D eigenvalue weighted by Gasteiger charge is 2.14. The number of rotatable bonds is 0. The van der Waals surface area contributed by atoms with Crippen LogP contribution < -0.4 is 9.67 Å². The molecule has 0 saturated heterocycles. The molecule has 0 saturated carbocycles. The van der Waals surface area contributed by atoms with Crippen LogP contribution >= 0.6 is 0 Å². The molecule has 3 aromatic rings. The van der Waals surface area contributed by atoms with Gasteiger partial charge in [0.2, 0.25) is 0 Å². The van der Waals surface area contributed by atoms with Crippen LogP contribution in [0.1, 0.15) is 0 Å². The summed E-state index contributed by atoms with van der Waals surface area (Å²) >= 11 is 0. The van der Waals surface area contributed by atoms with Gasteiger partial charge in [0.1, 0.15) is 0 Å². The van der Waals surface area contributed by atoms with Crippen molar-refractivity contribution in [2.75, 3.05) is 0 Å². The van der Waals surface area contributed by atoms with Crippen LogP contribution in [0.5, 0.6) is 5.75 Å². The lowest BCUT2D eigenvalue weighted by atomic mass is 10.3.